The number of hydrogen-bond donors (Lipinski definition) is 0. The summed E-state index contributed by atoms with van der Waals surface area (Å²) in [6.07, 6.45) is 16.8. The minimum absolute atomic E-state index is 0.0222. The lowest BCUT2D eigenvalue weighted by Gasteiger charge is -2.27. The summed E-state index contributed by atoms with van der Waals surface area (Å²) in [5, 5.41) is 0. The van der Waals surface area contributed by atoms with Gasteiger partial charge in [0.15, 0.2) is 0 Å². The molecule has 1 aliphatic carbocycles. The molecule has 1 aliphatic rings. The van der Waals surface area contributed by atoms with E-state index >= 15 is 0 Å². The minimum atomic E-state index is -0.218. The number of carbonyl (C=O) groups excluding carboxylic acids is 1. The number of unbranched alkanes of at least 4 members (excludes halogenated alkanes) is 5. The maximum absolute atomic E-state index is 13.0. The molecule has 174 valence electrons. The maximum atomic E-state index is 13.0. The summed E-state index contributed by atoms with van der Waals surface area (Å²) in [4.78, 5) is 17.0. The summed E-state index contributed by atoms with van der Waals surface area (Å²) in [5.74, 6) is 1.00. The van der Waals surface area contributed by atoms with Crippen molar-refractivity contribution in [2.75, 3.05) is 0 Å². The van der Waals surface area contributed by atoms with Crippen LogP contribution in [0, 0.1) is 17.7 Å². The fourth-order valence-corrected chi connectivity index (χ4v) is 4.64. The lowest BCUT2D eigenvalue weighted by atomic mass is 9.80. The quantitative estimate of drug-likeness (QED) is 0.254. The number of ether oxygens (including phenoxy) is 1. The van der Waals surface area contributed by atoms with Crippen LogP contribution in [-0.4, -0.2) is 11.0 Å². The summed E-state index contributed by atoms with van der Waals surface area (Å²) in [7, 11) is 0. The van der Waals surface area contributed by atoms with Crippen LogP contribution in [0.2, 0.25) is 0 Å². The maximum Gasteiger partial charge on any atom is 0.314 e. The molecule has 0 saturated heterocycles. The van der Waals surface area contributed by atoms with Crippen molar-refractivity contribution in [3.63, 3.8) is 0 Å². The molecule has 0 aliphatic heterocycles. The smallest absolute Gasteiger partial charge is 0.314 e. The highest BCUT2D eigenvalue weighted by molar-refractivity contribution is 5.75. The molecule has 0 unspecified atom stereocenters. The first kappa shape index (κ1) is 24.4. The molecule has 0 N–H and O–H groups in total. The SMILES string of the molecule is CCCCCCCC[C@H]1CC[C@H](C(=O)Oc2ccc(CCc3ccc(F)cc3)nc2)CC1. The van der Waals surface area contributed by atoms with Gasteiger partial charge in [-0.1, -0.05) is 64.0 Å². The van der Waals surface area contributed by atoms with Gasteiger partial charge in [0.25, 0.3) is 0 Å². The Kier molecular flexibility index (Phi) is 10.2. The largest absolute Gasteiger partial charge is 0.425 e. The highest BCUT2D eigenvalue weighted by Crippen LogP contribution is 2.33. The Hall–Kier alpha value is -2.23. The van der Waals surface area contributed by atoms with Crippen molar-refractivity contribution in [3.05, 3.63) is 59.7 Å². The lowest BCUT2D eigenvalue weighted by Crippen LogP contribution is -2.25. The summed E-state index contributed by atoms with van der Waals surface area (Å²) in [6.45, 7) is 2.26. The van der Waals surface area contributed by atoms with Gasteiger partial charge in [-0.3, -0.25) is 9.78 Å². The zero-order chi connectivity index (χ0) is 22.6. The van der Waals surface area contributed by atoms with Crippen LogP contribution in [0.4, 0.5) is 4.39 Å². The molecule has 1 aromatic heterocycles. The van der Waals surface area contributed by atoms with E-state index in [2.05, 4.69) is 11.9 Å². The third kappa shape index (κ3) is 8.37. The highest BCUT2D eigenvalue weighted by Gasteiger charge is 2.27. The third-order valence-corrected chi connectivity index (χ3v) is 6.75. The Bertz CT molecular complexity index is 795. The molecular weight excluding hydrogens is 401 g/mol. The number of carbonyl (C=O) groups is 1. The van der Waals surface area contributed by atoms with E-state index in [1.807, 2.05) is 12.1 Å². The zero-order valence-corrected chi connectivity index (χ0v) is 19.5. The minimum Gasteiger partial charge on any atom is -0.425 e. The topological polar surface area (TPSA) is 39.2 Å². The molecule has 0 bridgehead atoms. The standard InChI is InChI=1S/C28H38FNO2/c1-2-3-4-5-6-7-8-22-9-14-24(15-10-22)28(31)32-27-20-19-26(30-21-27)18-13-23-11-16-25(29)17-12-23/h11-12,16-17,19-22,24H,2-10,13-15,18H2,1H3/t22-,24-. The number of pyridine rings is 1. The molecule has 1 fully saturated rings. The Balaban J connectivity index is 1.33. The molecule has 0 radical (unpaired) electrons. The molecule has 3 nitrogen and oxygen atoms in total. The average molecular weight is 440 g/mol. The second kappa shape index (κ2) is 13.3. The summed E-state index contributed by atoms with van der Waals surface area (Å²) < 4.78 is 18.6. The van der Waals surface area contributed by atoms with Gasteiger partial charge in [-0.25, -0.2) is 4.39 Å². The van der Waals surface area contributed by atoms with Gasteiger partial charge in [-0.05, 0) is 74.3 Å². The first-order chi connectivity index (χ1) is 15.6. The number of esters is 1. The van der Waals surface area contributed by atoms with Crippen LogP contribution in [0.1, 0.15) is 88.8 Å². The third-order valence-electron chi connectivity index (χ3n) is 6.75. The normalized spacial score (nSPS) is 18.4. The molecule has 1 aromatic carbocycles. The molecule has 1 heterocycles. The number of nitrogens with zero attached hydrogens (tertiary/aromatic N) is 1. The molecule has 0 atom stereocenters. The van der Waals surface area contributed by atoms with E-state index in [0.29, 0.717) is 5.75 Å². The van der Waals surface area contributed by atoms with E-state index < -0.39 is 0 Å². The second-order valence-electron chi connectivity index (χ2n) is 9.31. The van der Waals surface area contributed by atoms with Crippen LogP contribution < -0.4 is 4.74 Å². The Morgan fingerprint density at radius 1 is 0.938 bits per heavy atom. The van der Waals surface area contributed by atoms with E-state index in [-0.39, 0.29) is 17.7 Å². The van der Waals surface area contributed by atoms with Gasteiger partial charge in [-0.15, -0.1) is 0 Å². The van der Waals surface area contributed by atoms with Gasteiger partial charge in [0.2, 0.25) is 0 Å². The Morgan fingerprint density at radius 2 is 1.66 bits per heavy atom. The lowest BCUT2D eigenvalue weighted by molar-refractivity contribution is -0.140. The molecule has 32 heavy (non-hydrogen) atoms. The van der Waals surface area contributed by atoms with Crippen LogP contribution in [0.5, 0.6) is 5.75 Å². The van der Waals surface area contributed by atoms with Crippen LogP contribution >= 0.6 is 0 Å². The molecule has 0 amide bonds. The van der Waals surface area contributed by atoms with Crippen LogP contribution in [0.15, 0.2) is 42.6 Å². The fourth-order valence-electron chi connectivity index (χ4n) is 4.64. The van der Waals surface area contributed by atoms with E-state index in [0.717, 1.165) is 55.7 Å². The van der Waals surface area contributed by atoms with Gasteiger partial charge in [0, 0.05) is 5.69 Å². The van der Waals surface area contributed by atoms with Crippen molar-refractivity contribution in [2.45, 2.75) is 90.4 Å². The monoisotopic (exact) mass is 439 g/mol. The van der Waals surface area contributed by atoms with Crippen LogP contribution in [0.3, 0.4) is 0 Å². The first-order valence-corrected chi connectivity index (χ1v) is 12.5. The molecule has 2 aromatic rings. The zero-order valence-electron chi connectivity index (χ0n) is 19.5. The molecule has 0 spiro atoms. The van der Waals surface area contributed by atoms with Crippen LogP contribution in [-0.2, 0) is 17.6 Å². The highest BCUT2D eigenvalue weighted by atomic mass is 19.1. The first-order valence-electron chi connectivity index (χ1n) is 12.5. The molecule has 3 rings (SSSR count). The van der Waals surface area contributed by atoms with Gasteiger partial charge in [0.1, 0.15) is 11.6 Å². The number of rotatable bonds is 12. The van der Waals surface area contributed by atoms with Crippen molar-refractivity contribution < 1.29 is 13.9 Å². The van der Waals surface area contributed by atoms with Gasteiger partial charge < -0.3 is 4.74 Å². The summed E-state index contributed by atoms with van der Waals surface area (Å²) in [5.41, 5.74) is 2.01. The predicted molar refractivity (Wildman–Crippen MR) is 127 cm³/mol. The van der Waals surface area contributed by atoms with Gasteiger partial charge in [0.05, 0.1) is 12.1 Å². The summed E-state index contributed by atoms with van der Waals surface area (Å²) >= 11 is 0. The van der Waals surface area contributed by atoms with Crippen molar-refractivity contribution in [1.29, 1.82) is 0 Å². The molecular formula is C28H38FNO2. The van der Waals surface area contributed by atoms with E-state index in [9.17, 15) is 9.18 Å². The van der Waals surface area contributed by atoms with Gasteiger partial charge >= 0.3 is 5.97 Å². The van der Waals surface area contributed by atoms with Crippen LogP contribution in [0.25, 0.3) is 0 Å². The molecule has 4 heteroatoms. The van der Waals surface area contributed by atoms with Gasteiger partial charge in [-0.2, -0.15) is 0 Å². The number of aromatic nitrogens is 1. The molecule has 1 saturated carbocycles. The summed E-state index contributed by atoms with van der Waals surface area (Å²) in [6, 6.07) is 10.3. The Morgan fingerprint density at radius 3 is 2.34 bits per heavy atom. The average Bonchev–Trinajstić information content (AvgIpc) is 2.82. The number of benzene rings is 1. The second-order valence-corrected chi connectivity index (χ2v) is 9.31. The van der Waals surface area contributed by atoms with E-state index in [1.165, 1.54) is 57.1 Å². The van der Waals surface area contributed by atoms with E-state index in [1.54, 1.807) is 18.3 Å². The Labute approximate surface area is 192 Å². The van der Waals surface area contributed by atoms with Crippen molar-refractivity contribution in [2.24, 2.45) is 11.8 Å². The predicted octanol–water partition coefficient (Wildman–Crippen LogP) is 7.47. The van der Waals surface area contributed by atoms with Crippen molar-refractivity contribution in [1.82, 2.24) is 4.98 Å². The number of hydrogen-bond acceptors (Lipinski definition) is 3. The fraction of sp³-hybridized carbons (Fsp3) is 0.571. The number of aryl methyl sites for hydroxylation is 2. The van der Waals surface area contributed by atoms with Crippen molar-refractivity contribution >= 4 is 5.97 Å². The number of halogens is 1. The van der Waals surface area contributed by atoms with E-state index in [4.69, 9.17) is 4.74 Å². The van der Waals surface area contributed by atoms with Crippen molar-refractivity contribution in [3.8, 4) is 5.75 Å².